The highest BCUT2D eigenvalue weighted by atomic mass is 16.6. The van der Waals surface area contributed by atoms with Gasteiger partial charge in [-0.3, -0.25) is 14.4 Å². The van der Waals surface area contributed by atoms with E-state index in [-0.39, 0.29) is 30.4 Å². The van der Waals surface area contributed by atoms with Crippen molar-refractivity contribution in [3.8, 4) is 0 Å². The van der Waals surface area contributed by atoms with Crippen LogP contribution in [0.5, 0.6) is 0 Å². The van der Waals surface area contributed by atoms with E-state index in [9.17, 15) is 24.0 Å². The standard InChI is InChI=1S/C32H44N6O7/c1-31(2,3)44-29(42)35-22(15-10-12-18-26(39)36(7)8)27(40)34-23-16-13-19-37(28(23)41)20-25-33-21-14-9-11-17-24(21)38(25)30(43)45-32(4,5)6/h9,11,13-14,16-17,19,22H,10,12,15,18,20H2,1-8H3,(H,34,40)(H,35,42)/t22-/m0/s1. The fraction of sp³-hybridized carbons (Fsp3) is 0.500. The number of imidazole rings is 1. The summed E-state index contributed by atoms with van der Waals surface area (Å²) in [6, 6.07) is 9.08. The summed E-state index contributed by atoms with van der Waals surface area (Å²) in [5.74, 6) is -0.385. The lowest BCUT2D eigenvalue weighted by Crippen LogP contribution is -2.46. The third kappa shape index (κ3) is 10.2. The van der Waals surface area contributed by atoms with Crippen molar-refractivity contribution in [1.29, 1.82) is 0 Å². The molecule has 0 spiro atoms. The zero-order valence-corrected chi connectivity index (χ0v) is 27.3. The molecule has 13 nitrogen and oxygen atoms in total. The molecule has 0 aliphatic carbocycles. The van der Waals surface area contributed by atoms with Gasteiger partial charge in [0, 0.05) is 26.7 Å². The number of hydrogen-bond donors (Lipinski definition) is 2. The van der Waals surface area contributed by atoms with Crippen molar-refractivity contribution in [2.75, 3.05) is 19.4 Å². The van der Waals surface area contributed by atoms with E-state index in [4.69, 9.17) is 9.47 Å². The Labute approximate surface area is 262 Å². The maximum Gasteiger partial charge on any atom is 0.420 e. The van der Waals surface area contributed by atoms with E-state index in [0.717, 1.165) is 0 Å². The molecule has 244 valence electrons. The number of hydrogen-bond acceptors (Lipinski definition) is 8. The number of benzene rings is 1. The first-order chi connectivity index (χ1) is 20.9. The molecule has 0 saturated heterocycles. The number of alkyl carbamates (subject to hydrolysis) is 1. The molecule has 0 fully saturated rings. The number of para-hydroxylation sites is 2. The number of anilines is 1. The summed E-state index contributed by atoms with van der Waals surface area (Å²) in [5, 5.41) is 5.22. The highest BCUT2D eigenvalue weighted by Crippen LogP contribution is 2.20. The first-order valence-corrected chi connectivity index (χ1v) is 14.8. The molecule has 3 amide bonds. The molecule has 0 radical (unpaired) electrons. The largest absolute Gasteiger partial charge is 0.444 e. The van der Waals surface area contributed by atoms with Crippen LogP contribution in [0.4, 0.5) is 15.3 Å². The molecular weight excluding hydrogens is 580 g/mol. The molecule has 0 saturated carbocycles. The van der Waals surface area contributed by atoms with Crippen LogP contribution in [0.1, 0.15) is 73.1 Å². The summed E-state index contributed by atoms with van der Waals surface area (Å²) < 4.78 is 13.6. The van der Waals surface area contributed by atoms with E-state index < -0.39 is 40.9 Å². The van der Waals surface area contributed by atoms with Crippen LogP contribution in [-0.2, 0) is 25.6 Å². The molecule has 2 heterocycles. The summed E-state index contributed by atoms with van der Waals surface area (Å²) in [4.78, 5) is 70.6. The van der Waals surface area contributed by atoms with Crippen LogP contribution >= 0.6 is 0 Å². The topological polar surface area (TPSA) is 154 Å². The van der Waals surface area contributed by atoms with E-state index >= 15 is 0 Å². The summed E-state index contributed by atoms with van der Waals surface area (Å²) in [7, 11) is 3.34. The normalized spacial score (nSPS) is 12.4. The van der Waals surface area contributed by atoms with Gasteiger partial charge in [0.1, 0.15) is 28.8 Å². The molecule has 1 atom stereocenters. The first-order valence-electron chi connectivity index (χ1n) is 14.8. The van der Waals surface area contributed by atoms with Crippen molar-refractivity contribution < 1.29 is 28.7 Å². The molecule has 3 aromatic rings. The van der Waals surface area contributed by atoms with E-state index in [2.05, 4.69) is 15.6 Å². The van der Waals surface area contributed by atoms with Gasteiger partial charge in [-0.25, -0.2) is 19.1 Å². The maximum absolute atomic E-state index is 13.5. The van der Waals surface area contributed by atoms with Crippen LogP contribution in [0.25, 0.3) is 11.0 Å². The van der Waals surface area contributed by atoms with Crippen molar-refractivity contribution in [2.45, 2.75) is 91.0 Å². The minimum absolute atomic E-state index is 0.0267. The van der Waals surface area contributed by atoms with Crippen molar-refractivity contribution in [3.63, 3.8) is 0 Å². The number of carbonyl (C=O) groups is 4. The highest BCUT2D eigenvalue weighted by Gasteiger charge is 2.26. The molecule has 0 aliphatic rings. The number of amides is 3. The Morgan fingerprint density at radius 2 is 1.60 bits per heavy atom. The number of nitrogens with zero attached hydrogens (tertiary/aromatic N) is 4. The average molecular weight is 625 g/mol. The Hall–Kier alpha value is -4.68. The Bertz CT molecular complexity index is 1590. The number of carbonyl (C=O) groups excluding carboxylic acids is 4. The number of rotatable bonds is 10. The van der Waals surface area contributed by atoms with Gasteiger partial charge in [0.25, 0.3) is 5.56 Å². The predicted octanol–water partition coefficient (Wildman–Crippen LogP) is 4.51. The second-order valence-electron chi connectivity index (χ2n) is 12.9. The fourth-order valence-corrected chi connectivity index (χ4v) is 4.39. The van der Waals surface area contributed by atoms with Crippen molar-refractivity contribution in [1.82, 2.24) is 24.3 Å². The van der Waals surface area contributed by atoms with E-state index in [1.165, 1.54) is 26.3 Å². The average Bonchev–Trinajstić information content (AvgIpc) is 3.28. The number of aromatic nitrogens is 3. The number of nitrogens with one attached hydrogen (secondary N) is 2. The monoisotopic (exact) mass is 624 g/mol. The van der Waals surface area contributed by atoms with E-state index in [1.807, 2.05) is 0 Å². The van der Waals surface area contributed by atoms with Crippen LogP contribution in [-0.4, -0.2) is 74.4 Å². The van der Waals surface area contributed by atoms with Crippen LogP contribution in [0.3, 0.4) is 0 Å². The molecular formula is C32H44N6O7. The minimum Gasteiger partial charge on any atom is -0.444 e. The smallest absolute Gasteiger partial charge is 0.420 e. The molecule has 0 unspecified atom stereocenters. The van der Waals surface area contributed by atoms with Crippen LogP contribution in [0.2, 0.25) is 0 Å². The van der Waals surface area contributed by atoms with Crippen molar-refractivity contribution in [3.05, 3.63) is 58.8 Å². The summed E-state index contributed by atoms with van der Waals surface area (Å²) in [6.07, 6.45) is 1.60. The second-order valence-corrected chi connectivity index (χ2v) is 12.9. The third-order valence-corrected chi connectivity index (χ3v) is 6.44. The summed E-state index contributed by atoms with van der Waals surface area (Å²) in [6.45, 7) is 10.3. The van der Waals surface area contributed by atoms with Gasteiger partial charge in [0.15, 0.2) is 0 Å². The van der Waals surface area contributed by atoms with E-state index in [1.54, 1.807) is 86.0 Å². The molecule has 13 heteroatoms. The molecule has 0 aliphatic heterocycles. The third-order valence-electron chi connectivity index (χ3n) is 6.44. The van der Waals surface area contributed by atoms with Gasteiger partial charge in [-0.2, -0.15) is 0 Å². The maximum atomic E-state index is 13.5. The SMILES string of the molecule is CN(C)C(=O)CCCC[C@H](NC(=O)OC(C)(C)C)C(=O)Nc1cccn(Cc2nc3ccccc3n2C(=O)OC(C)(C)C)c1=O. The number of unbranched alkanes of at least 4 members (excludes halogenated alkanes) is 1. The van der Waals surface area contributed by atoms with Gasteiger partial charge >= 0.3 is 12.2 Å². The Morgan fingerprint density at radius 3 is 2.24 bits per heavy atom. The van der Waals surface area contributed by atoms with Gasteiger partial charge in [-0.15, -0.1) is 0 Å². The van der Waals surface area contributed by atoms with Gasteiger partial charge in [-0.1, -0.05) is 18.6 Å². The lowest BCUT2D eigenvalue weighted by atomic mass is 10.1. The molecule has 0 bridgehead atoms. The lowest BCUT2D eigenvalue weighted by Gasteiger charge is -2.23. The Balaban J connectivity index is 1.84. The Morgan fingerprint density at radius 1 is 0.933 bits per heavy atom. The lowest BCUT2D eigenvalue weighted by molar-refractivity contribution is -0.128. The highest BCUT2D eigenvalue weighted by molar-refractivity contribution is 5.96. The number of fused-ring (bicyclic) bond motifs is 1. The summed E-state index contributed by atoms with van der Waals surface area (Å²) in [5.41, 5.74) is -1.03. The zero-order valence-electron chi connectivity index (χ0n) is 27.3. The number of pyridine rings is 1. The number of ether oxygens (including phenoxy) is 2. The molecule has 2 N–H and O–H groups in total. The van der Waals surface area contributed by atoms with Crippen molar-refractivity contribution in [2.24, 2.45) is 0 Å². The zero-order chi connectivity index (χ0) is 33.5. The summed E-state index contributed by atoms with van der Waals surface area (Å²) >= 11 is 0. The molecule has 1 aromatic carbocycles. The fourth-order valence-electron chi connectivity index (χ4n) is 4.39. The van der Waals surface area contributed by atoms with Gasteiger partial charge in [0.2, 0.25) is 11.8 Å². The molecule has 45 heavy (non-hydrogen) atoms. The van der Waals surface area contributed by atoms with Gasteiger partial charge in [-0.05, 0) is 78.6 Å². The van der Waals surface area contributed by atoms with Gasteiger partial charge < -0.3 is 29.6 Å². The Kier molecular flexibility index (Phi) is 11.1. The van der Waals surface area contributed by atoms with Crippen LogP contribution in [0.15, 0.2) is 47.4 Å². The second kappa shape index (κ2) is 14.4. The van der Waals surface area contributed by atoms with Crippen LogP contribution < -0.4 is 16.2 Å². The quantitative estimate of drug-likeness (QED) is 0.313. The van der Waals surface area contributed by atoms with E-state index in [0.29, 0.717) is 30.3 Å². The minimum atomic E-state index is -1.03. The molecule has 2 aromatic heterocycles. The van der Waals surface area contributed by atoms with Crippen molar-refractivity contribution >= 4 is 40.7 Å². The van der Waals surface area contributed by atoms with Gasteiger partial charge in [0.05, 0.1) is 17.6 Å². The predicted molar refractivity (Wildman–Crippen MR) is 170 cm³/mol. The first kappa shape index (κ1) is 34.8. The molecule has 3 rings (SSSR count). The van der Waals surface area contributed by atoms with Crippen LogP contribution in [0, 0.1) is 0 Å².